The molecule has 2 amide bonds. The van der Waals surface area contributed by atoms with Gasteiger partial charge in [0.25, 0.3) is 0 Å². The minimum Gasteiger partial charge on any atom is -0.323 e. The molecule has 156 valence electrons. The van der Waals surface area contributed by atoms with Crippen LogP contribution in [0.2, 0.25) is 10.0 Å². The van der Waals surface area contributed by atoms with Crippen molar-refractivity contribution in [1.29, 1.82) is 0 Å². The number of halogens is 2. The Labute approximate surface area is 190 Å². The van der Waals surface area contributed by atoms with Crippen LogP contribution in [0.5, 0.6) is 0 Å². The third kappa shape index (κ3) is 4.63. The minimum absolute atomic E-state index is 0.0743. The van der Waals surface area contributed by atoms with Crippen molar-refractivity contribution in [3.63, 3.8) is 0 Å². The first-order chi connectivity index (χ1) is 14.9. The topological polar surface area (TPSA) is 61.8 Å². The molecule has 0 saturated heterocycles. The van der Waals surface area contributed by atoms with E-state index in [9.17, 15) is 9.59 Å². The van der Waals surface area contributed by atoms with Gasteiger partial charge in [-0.25, -0.2) is 0 Å². The van der Waals surface area contributed by atoms with Gasteiger partial charge in [-0.05, 0) is 42.8 Å². The first kappa shape index (κ1) is 21.1. The van der Waals surface area contributed by atoms with Gasteiger partial charge in [-0.2, -0.15) is 0 Å². The van der Waals surface area contributed by atoms with Crippen LogP contribution in [0.15, 0.2) is 71.7 Å². The molecule has 1 aliphatic rings. The molecule has 31 heavy (non-hydrogen) atoms. The molecule has 0 spiro atoms. The highest BCUT2D eigenvalue weighted by molar-refractivity contribution is 6.34. The maximum absolute atomic E-state index is 12.9. The highest BCUT2D eigenvalue weighted by Crippen LogP contribution is 2.30. The van der Waals surface area contributed by atoms with Crippen molar-refractivity contribution in [2.24, 2.45) is 4.99 Å². The second-order valence-electron chi connectivity index (χ2n) is 7.20. The number of hydrogen-bond acceptors (Lipinski definition) is 3. The Balaban J connectivity index is 1.66. The van der Waals surface area contributed by atoms with Gasteiger partial charge in [-0.15, -0.1) is 0 Å². The fourth-order valence-corrected chi connectivity index (χ4v) is 3.91. The summed E-state index contributed by atoms with van der Waals surface area (Å²) in [5, 5.41) is 3.75. The molecule has 0 aromatic heterocycles. The molecule has 3 aromatic rings. The van der Waals surface area contributed by atoms with Crippen LogP contribution >= 0.6 is 23.2 Å². The summed E-state index contributed by atoms with van der Waals surface area (Å²) in [6.07, 6.45) is 0. The molecule has 0 aliphatic carbocycles. The number of hydrogen-bond donors (Lipinski definition) is 1. The van der Waals surface area contributed by atoms with Crippen LogP contribution in [0.25, 0.3) is 0 Å². The molecule has 1 aliphatic heterocycles. The van der Waals surface area contributed by atoms with E-state index in [2.05, 4.69) is 10.3 Å². The second kappa shape index (κ2) is 8.92. The van der Waals surface area contributed by atoms with Crippen LogP contribution in [-0.2, 0) is 9.59 Å². The fourth-order valence-electron chi connectivity index (χ4n) is 3.46. The maximum Gasteiger partial charge on any atom is 0.249 e. The Hall–Kier alpha value is -3.15. The third-order valence-corrected chi connectivity index (χ3v) is 5.47. The number of aryl methyl sites for hydroxylation is 1. The van der Waals surface area contributed by atoms with Gasteiger partial charge in [0, 0.05) is 16.1 Å². The lowest BCUT2D eigenvalue weighted by Gasteiger charge is -2.23. The summed E-state index contributed by atoms with van der Waals surface area (Å²) in [4.78, 5) is 31.7. The number of anilines is 2. The Morgan fingerprint density at radius 1 is 1.06 bits per heavy atom. The Morgan fingerprint density at radius 3 is 2.58 bits per heavy atom. The molecule has 0 atom stereocenters. The number of fused-ring (bicyclic) bond motifs is 1. The molecule has 3 aromatic carbocycles. The Bertz CT molecular complexity index is 1190. The second-order valence-corrected chi connectivity index (χ2v) is 8.05. The Morgan fingerprint density at radius 2 is 1.84 bits per heavy atom. The average Bonchev–Trinajstić information content (AvgIpc) is 2.87. The van der Waals surface area contributed by atoms with Gasteiger partial charge < -0.3 is 10.2 Å². The minimum atomic E-state index is -0.358. The molecule has 0 unspecified atom stereocenters. The quantitative estimate of drug-likeness (QED) is 0.597. The van der Waals surface area contributed by atoms with E-state index in [0.717, 1.165) is 11.1 Å². The van der Waals surface area contributed by atoms with Crippen molar-refractivity contribution in [1.82, 2.24) is 0 Å². The molecule has 1 heterocycles. The summed E-state index contributed by atoms with van der Waals surface area (Å²) in [7, 11) is 0. The number of nitrogens with zero attached hydrogens (tertiary/aromatic N) is 2. The molecule has 1 N–H and O–H groups in total. The van der Waals surface area contributed by atoms with Gasteiger partial charge in [0.05, 0.1) is 22.1 Å². The van der Waals surface area contributed by atoms with Gasteiger partial charge in [-0.3, -0.25) is 14.6 Å². The number of carbonyl (C=O) groups is 2. The van der Waals surface area contributed by atoms with Crippen molar-refractivity contribution in [2.75, 3.05) is 23.3 Å². The van der Waals surface area contributed by atoms with Crippen LogP contribution in [-0.4, -0.2) is 30.6 Å². The largest absolute Gasteiger partial charge is 0.323 e. The van der Waals surface area contributed by atoms with E-state index in [1.807, 2.05) is 43.3 Å². The monoisotopic (exact) mass is 451 g/mol. The molecule has 0 radical (unpaired) electrons. The summed E-state index contributed by atoms with van der Waals surface area (Å²) >= 11 is 12.5. The zero-order chi connectivity index (χ0) is 22.0. The summed E-state index contributed by atoms with van der Waals surface area (Å²) in [5.41, 5.74) is 4.30. The van der Waals surface area contributed by atoms with Crippen LogP contribution in [0, 0.1) is 6.92 Å². The van der Waals surface area contributed by atoms with Crippen molar-refractivity contribution < 1.29 is 9.59 Å². The molecular weight excluding hydrogens is 433 g/mol. The smallest absolute Gasteiger partial charge is 0.249 e. The number of carbonyl (C=O) groups excluding carboxylic acids is 2. The highest BCUT2D eigenvalue weighted by Gasteiger charge is 2.27. The lowest BCUT2D eigenvalue weighted by atomic mass is 10.00. The number of nitrogens with one attached hydrogen (secondary N) is 1. The lowest BCUT2D eigenvalue weighted by molar-refractivity contribution is -0.120. The van der Waals surface area contributed by atoms with E-state index in [4.69, 9.17) is 23.2 Å². The molecule has 0 saturated carbocycles. The molecule has 4 rings (SSSR count). The predicted molar refractivity (Wildman–Crippen MR) is 126 cm³/mol. The number of rotatable bonds is 4. The zero-order valence-electron chi connectivity index (χ0n) is 16.7. The summed E-state index contributed by atoms with van der Waals surface area (Å²) in [6, 6.07) is 20.2. The number of amides is 2. The standard InChI is InChI=1S/C24H19Cl2N3O2/c1-15-7-9-20(19(26)11-15)28-22(30)14-29-21-10-8-17(25)12-18(21)24(27-13-23(29)31)16-5-3-2-4-6-16/h2-12H,13-14H2,1H3,(H,28,30). The van der Waals surface area contributed by atoms with E-state index in [1.54, 1.807) is 30.3 Å². The molecule has 0 bridgehead atoms. The van der Waals surface area contributed by atoms with Crippen molar-refractivity contribution in [3.8, 4) is 0 Å². The van der Waals surface area contributed by atoms with Crippen LogP contribution in [0.3, 0.4) is 0 Å². The molecule has 0 fully saturated rings. The first-order valence-electron chi connectivity index (χ1n) is 9.68. The van der Waals surface area contributed by atoms with Gasteiger partial charge >= 0.3 is 0 Å². The molecule has 7 heteroatoms. The average molecular weight is 452 g/mol. The van der Waals surface area contributed by atoms with E-state index >= 15 is 0 Å². The number of aliphatic imine (C=N–C) groups is 1. The van der Waals surface area contributed by atoms with Gasteiger partial charge in [0.1, 0.15) is 13.1 Å². The van der Waals surface area contributed by atoms with E-state index in [0.29, 0.717) is 32.7 Å². The summed E-state index contributed by atoms with van der Waals surface area (Å²) < 4.78 is 0. The summed E-state index contributed by atoms with van der Waals surface area (Å²) in [6.45, 7) is 1.67. The predicted octanol–water partition coefficient (Wildman–Crippen LogP) is 5.12. The van der Waals surface area contributed by atoms with Gasteiger partial charge in [0.15, 0.2) is 0 Å². The van der Waals surface area contributed by atoms with Crippen LogP contribution in [0.1, 0.15) is 16.7 Å². The number of benzodiazepines with no additional fused rings is 1. The van der Waals surface area contributed by atoms with Crippen LogP contribution < -0.4 is 10.2 Å². The Kier molecular flexibility index (Phi) is 6.07. The van der Waals surface area contributed by atoms with E-state index < -0.39 is 0 Å². The van der Waals surface area contributed by atoms with Crippen molar-refractivity contribution >= 4 is 52.1 Å². The molecular formula is C24H19Cl2N3O2. The van der Waals surface area contributed by atoms with Gasteiger partial charge in [0.2, 0.25) is 11.8 Å². The molecule has 5 nitrogen and oxygen atoms in total. The van der Waals surface area contributed by atoms with E-state index in [1.165, 1.54) is 4.90 Å². The first-order valence-corrected chi connectivity index (χ1v) is 10.4. The SMILES string of the molecule is Cc1ccc(NC(=O)CN2C(=O)CN=C(c3ccccc3)c3cc(Cl)ccc32)c(Cl)c1. The zero-order valence-corrected chi connectivity index (χ0v) is 18.2. The van der Waals surface area contributed by atoms with E-state index in [-0.39, 0.29) is 24.9 Å². The number of benzene rings is 3. The van der Waals surface area contributed by atoms with Gasteiger partial charge in [-0.1, -0.05) is 59.6 Å². The third-order valence-electron chi connectivity index (χ3n) is 4.93. The van der Waals surface area contributed by atoms with Crippen molar-refractivity contribution in [2.45, 2.75) is 6.92 Å². The highest BCUT2D eigenvalue weighted by atomic mass is 35.5. The maximum atomic E-state index is 12.9. The normalized spacial score (nSPS) is 13.3. The fraction of sp³-hybridized carbons (Fsp3) is 0.125. The van der Waals surface area contributed by atoms with Crippen LogP contribution in [0.4, 0.5) is 11.4 Å². The van der Waals surface area contributed by atoms with Crippen molar-refractivity contribution in [3.05, 3.63) is 93.5 Å². The summed E-state index contributed by atoms with van der Waals surface area (Å²) in [5.74, 6) is -0.636. The lowest BCUT2D eigenvalue weighted by Crippen LogP contribution is -2.39.